The van der Waals surface area contributed by atoms with Gasteiger partial charge in [-0.2, -0.15) is 4.31 Å². The first-order valence-electron chi connectivity index (χ1n) is 11.1. The molecule has 1 aliphatic carbocycles. The topological polar surface area (TPSA) is 103 Å². The molecule has 0 atom stereocenters. The third-order valence-corrected chi connectivity index (χ3v) is 8.15. The number of nitrogens with zero attached hydrogens (tertiary/aromatic N) is 3. The Morgan fingerprint density at radius 2 is 1.79 bits per heavy atom. The monoisotopic (exact) mass is 468 g/mol. The van der Waals surface area contributed by atoms with Crippen LogP contribution in [0.2, 0.25) is 0 Å². The predicted molar refractivity (Wildman–Crippen MR) is 126 cm³/mol. The summed E-state index contributed by atoms with van der Waals surface area (Å²) in [4.78, 5) is 34.0. The van der Waals surface area contributed by atoms with Gasteiger partial charge in [-0.1, -0.05) is 37.5 Å². The van der Waals surface area contributed by atoms with E-state index in [9.17, 15) is 18.0 Å². The third-order valence-electron chi connectivity index (χ3n) is 6.24. The standard InChI is InChI=1S/C24H28N4O4S/c1-27(16-22-25-21-14-7-6-13-20(21)23(29)26-22)24(30)17-9-8-12-19(15-17)33(31,32)28(2)18-10-4-3-5-11-18/h6-9,12-15,18H,3-5,10-11,16H2,1-2H3,(H,25,26,29). The number of amides is 1. The molecule has 1 aromatic heterocycles. The molecule has 1 N–H and O–H groups in total. The molecule has 2 aromatic carbocycles. The maximum Gasteiger partial charge on any atom is 0.258 e. The fourth-order valence-corrected chi connectivity index (χ4v) is 5.79. The molecule has 1 saturated carbocycles. The average molecular weight is 469 g/mol. The van der Waals surface area contributed by atoms with E-state index in [-0.39, 0.29) is 34.5 Å². The normalized spacial score (nSPS) is 15.1. The molecule has 1 aliphatic rings. The fourth-order valence-electron chi connectivity index (χ4n) is 4.32. The SMILES string of the molecule is CN(Cc1nc2ccccc2c(=O)[nH]1)C(=O)c1cccc(S(=O)(=O)N(C)C2CCCCC2)c1. The number of sulfonamides is 1. The van der Waals surface area contributed by atoms with Crippen molar-refractivity contribution in [2.24, 2.45) is 0 Å². The molecular weight excluding hydrogens is 440 g/mol. The summed E-state index contributed by atoms with van der Waals surface area (Å²) in [6.45, 7) is 0.0812. The van der Waals surface area contributed by atoms with Gasteiger partial charge in [0.25, 0.3) is 11.5 Å². The summed E-state index contributed by atoms with van der Waals surface area (Å²) in [5.41, 5.74) is 0.546. The van der Waals surface area contributed by atoms with Crippen LogP contribution in [0.1, 0.15) is 48.3 Å². The molecule has 33 heavy (non-hydrogen) atoms. The summed E-state index contributed by atoms with van der Waals surface area (Å²) >= 11 is 0. The van der Waals surface area contributed by atoms with Gasteiger partial charge in [0.1, 0.15) is 5.82 Å². The van der Waals surface area contributed by atoms with Crippen LogP contribution in [-0.4, -0.2) is 53.6 Å². The van der Waals surface area contributed by atoms with Crippen LogP contribution >= 0.6 is 0 Å². The number of benzene rings is 2. The van der Waals surface area contributed by atoms with E-state index in [0.717, 1.165) is 32.1 Å². The highest BCUT2D eigenvalue weighted by Crippen LogP contribution is 2.27. The van der Waals surface area contributed by atoms with Crippen molar-refractivity contribution in [3.63, 3.8) is 0 Å². The highest BCUT2D eigenvalue weighted by molar-refractivity contribution is 7.89. The zero-order chi connectivity index (χ0) is 23.6. The van der Waals surface area contributed by atoms with Crippen molar-refractivity contribution < 1.29 is 13.2 Å². The number of nitrogens with one attached hydrogen (secondary N) is 1. The minimum absolute atomic E-state index is 0.0124. The Balaban J connectivity index is 1.54. The molecule has 1 amide bonds. The van der Waals surface area contributed by atoms with Crippen LogP contribution in [0.15, 0.2) is 58.2 Å². The maximum absolute atomic E-state index is 13.2. The Labute approximate surface area is 193 Å². The van der Waals surface area contributed by atoms with Crippen LogP contribution in [0.25, 0.3) is 10.9 Å². The van der Waals surface area contributed by atoms with Crippen molar-refractivity contribution in [2.45, 2.75) is 49.6 Å². The van der Waals surface area contributed by atoms with Gasteiger partial charge in [0.05, 0.1) is 22.3 Å². The van der Waals surface area contributed by atoms with E-state index in [2.05, 4.69) is 9.97 Å². The number of hydrogen-bond donors (Lipinski definition) is 1. The van der Waals surface area contributed by atoms with Crippen LogP contribution < -0.4 is 5.56 Å². The van der Waals surface area contributed by atoms with E-state index in [0.29, 0.717) is 16.7 Å². The number of rotatable bonds is 6. The van der Waals surface area contributed by atoms with Gasteiger partial charge in [-0.3, -0.25) is 9.59 Å². The first-order valence-corrected chi connectivity index (χ1v) is 12.5. The van der Waals surface area contributed by atoms with E-state index in [4.69, 9.17) is 0 Å². The fraction of sp³-hybridized carbons (Fsp3) is 0.375. The number of H-pyrrole nitrogens is 1. The van der Waals surface area contributed by atoms with Crippen LogP contribution in [-0.2, 0) is 16.6 Å². The molecule has 0 unspecified atom stereocenters. The Hall–Kier alpha value is -3.04. The van der Waals surface area contributed by atoms with E-state index in [1.165, 1.54) is 21.3 Å². The van der Waals surface area contributed by atoms with Crippen LogP contribution in [0.3, 0.4) is 0 Å². The highest BCUT2D eigenvalue weighted by Gasteiger charge is 2.29. The number of para-hydroxylation sites is 1. The molecule has 1 heterocycles. The number of aromatic amines is 1. The second-order valence-corrected chi connectivity index (χ2v) is 10.5. The molecule has 0 bridgehead atoms. The quantitative estimate of drug-likeness (QED) is 0.599. The number of hydrogen-bond acceptors (Lipinski definition) is 5. The summed E-state index contributed by atoms with van der Waals surface area (Å²) in [6, 6.07) is 13.1. The number of carbonyl (C=O) groups excluding carboxylic acids is 1. The Kier molecular flexibility index (Phi) is 6.62. The summed E-state index contributed by atoms with van der Waals surface area (Å²) in [5, 5.41) is 0.482. The van der Waals surface area contributed by atoms with E-state index in [1.54, 1.807) is 50.5 Å². The Bertz CT molecular complexity index is 1330. The molecule has 3 aromatic rings. The van der Waals surface area contributed by atoms with Crippen LogP contribution in [0, 0.1) is 0 Å². The molecule has 174 valence electrons. The summed E-state index contributed by atoms with van der Waals surface area (Å²) in [6.07, 6.45) is 4.90. The maximum atomic E-state index is 13.2. The summed E-state index contributed by atoms with van der Waals surface area (Å²) < 4.78 is 27.8. The molecule has 0 spiro atoms. The molecule has 0 aliphatic heterocycles. The molecule has 1 fully saturated rings. The molecule has 4 rings (SSSR count). The van der Waals surface area contributed by atoms with E-state index in [1.807, 2.05) is 0 Å². The molecule has 0 saturated heterocycles. The zero-order valence-corrected chi connectivity index (χ0v) is 19.6. The Morgan fingerprint density at radius 1 is 1.06 bits per heavy atom. The smallest absolute Gasteiger partial charge is 0.258 e. The van der Waals surface area contributed by atoms with Gasteiger partial charge < -0.3 is 9.88 Å². The van der Waals surface area contributed by atoms with E-state index < -0.39 is 10.0 Å². The molecule has 9 heteroatoms. The zero-order valence-electron chi connectivity index (χ0n) is 18.8. The van der Waals surface area contributed by atoms with Crippen molar-refractivity contribution in [2.75, 3.05) is 14.1 Å². The van der Waals surface area contributed by atoms with Crippen LogP contribution in [0.4, 0.5) is 0 Å². The predicted octanol–water partition coefficient (Wildman–Crippen LogP) is 3.15. The lowest BCUT2D eigenvalue weighted by atomic mass is 9.96. The van der Waals surface area contributed by atoms with Crippen molar-refractivity contribution in [3.8, 4) is 0 Å². The van der Waals surface area contributed by atoms with Gasteiger partial charge in [-0.25, -0.2) is 13.4 Å². The van der Waals surface area contributed by atoms with Gasteiger partial charge in [-0.15, -0.1) is 0 Å². The highest BCUT2D eigenvalue weighted by atomic mass is 32.2. The molecule has 0 radical (unpaired) electrons. The molecule has 8 nitrogen and oxygen atoms in total. The minimum atomic E-state index is -3.71. The van der Waals surface area contributed by atoms with Crippen molar-refractivity contribution >= 4 is 26.8 Å². The van der Waals surface area contributed by atoms with Gasteiger partial charge in [0, 0.05) is 25.7 Å². The lowest BCUT2D eigenvalue weighted by molar-refractivity contribution is 0.0781. The second kappa shape index (κ2) is 9.44. The second-order valence-electron chi connectivity index (χ2n) is 8.53. The number of aromatic nitrogens is 2. The van der Waals surface area contributed by atoms with Gasteiger partial charge in [0.15, 0.2) is 0 Å². The van der Waals surface area contributed by atoms with Crippen molar-refractivity contribution in [1.82, 2.24) is 19.2 Å². The average Bonchev–Trinajstić information content (AvgIpc) is 2.83. The van der Waals surface area contributed by atoms with Crippen LogP contribution in [0.5, 0.6) is 0 Å². The third kappa shape index (κ3) is 4.84. The lowest BCUT2D eigenvalue weighted by Crippen LogP contribution is -2.38. The number of fused-ring (bicyclic) bond motifs is 1. The van der Waals surface area contributed by atoms with E-state index >= 15 is 0 Å². The van der Waals surface area contributed by atoms with Gasteiger partial charge >= 0.3 is 0 Å². The van der Waals surface area contributed by atoms with Gasteiger partial charge in [-0.05, 0) is 43.2 Å². The first kappa shape index (κ1) is 23.1. The Morgan fingerprint density at radius 3 is 2.55 bits per heavy atom. The summed E-state index contributed by atoms with van der Waals surface area (Å²) in [5.74, 6) is -0.00136. The lowest BCUT2D eigenvalue weighted by Gasteiger charge is -2.30. The van der Waals surface area contributed by atoms with Crippen molar-refractivity contribution in [3.05, 3.63) is 70.3 Å². The largest absolute Gasteiger partial charge is 0.334 e. The van der Waals surface area contributed by atoms with Gasteiger partial charge in [0.2, 0.25) is 10.0 Å². The summed E-state index contributed by atoms with van der Waals surface area (Å²) in [7, 11) is -0.498. The molecular formula is C24H28N4O4S. The minimum Gasteiger partial charge on any atom is -0.334 e. The number of carbonyl (C=O) groups is 1. The first-order chi connectivity index (χ1) is 15.8. The van der Waals surface area contributed by atoms with Crippen molar-refractivity contribution in [1.29, 1.82) is 0 Å².